The number of carbonyl (C=O) groups is 1. The molecular weight excluding hydrogens is 467 g/mol. The van der Waals surface area contributed by atoms with E-state index >= 15 is 0 Å². The third-order valence-corrected chi connectivity index (χ3v) is 7.61. The van der Waals surface area contributed by atoms with Crippen LogP contribution in [0.1, 0.15) is 37.1 Å². The van der Waals surface area contributed by atoms with Crippen LogP contribution < -0.4 is 9.64 Å². The molecule has 5 rings (SSSR count). The van der Waals surface area contributed by atoms with Gasteiger partial charge in [0, 0.05) is 39.4 Å². The van der Waals surface area contributed by atoms with Crippen LogP contribution >= 0.6 is 0 Å². The molecule has 2 aromatic rings. The second-order valence-electron chi connectivity index (χ2n) is 9.97. The van der Waals surface area contributed by atoms with Crippen LogP contribution in [0.3, 0.4) is 0 Å². The zero-order valence-electron chi connectivity index (χ0n) is 20.9. The van der Waals surface area contributed by atoms with E-state index in [9.17, 15) is 9.18 Å². The molecular formula is C26H35FN4O5. The molecule has 2 aliphatic heterocycles. The molecule has 3 fully saturated rings. The van der Waals surface area contributed by atoms with Crippen molar-refractivity contribution in [1.82, 2.24) is 15.0 Å². The molecule has 0 unspecified atom stereocenters. The second-order valence-corrected chi connectivity index (χ2v) is 9.97. The van der Waals surface area contributed by atoms with Crippen molar-refractivity contribution in [2.45, 2.75) is 38.7 Å². The van der Waals surface area contributed by atoms with Crippen molar-refractivity contribution in [3.05, 3.63) is 35.4 Å². The Balaban J connectivity index is 1.01. The lowest BCUT2D eigenvalue weighted by Crippen LogP contribution is -2.41. The van der Waals surface area contributed by atoms with E-state index in [0.717, 1.165) is 38.3 Å². The summed E-state index contributed by atoms with van der Waals surface area (Å²) in [7, 11) is 1.62. The van der Waals surface area contributed by atoms with Crippen LogP contribution in [0.5, 0.6) is 5.75 Å². The van der Waals surface area contributed by atoms with Gasteiger partial charge in [-0.1, -0.05) is 11.2 Å². The molecule has 0 spiro atoms. The zero-order chi connectivity index (χ0) is 24.9. The van der Waals surface area contributed by atoms with Crippen LogP contribution in [0, 0.1) is 23.6 Å². The second kappa shape index (κ2) is 11.6. The molecule has 1 saturated carbocycles. The van der Waals surface area contributed by atoms with Gasteiger partial charge in [0.1, 0.15) is 18.2 Å². The average molecular weight is 503 g/mol. The van der Waals surface area contributed by atoms with Crippen molar-refractivity contribution in [1.29, 1.82) is 0 Å². The molecule has 2 atom stereocenters. The number of halogens is 1. The summed E-state index contributed by atoms with van der Waals surface area (Å²) in [6.07, 6.45) is 4.53. The van der Waals surface area contributed by atoms with Crippen LogP contribution in [0.4, 0.5) is 10.4 Å². The highest BCUT2D eigenvalue weighted by Crippen LogP contribution is 2.50. The highest BCUT2D eigenvalue weighted by atomic mass is 19.1. The maximum Gasteiger partial charge on any atom is 0.324 e. The van der Waals surface area contributed by atoms with Crippen LogP contribution in [-0.2, 0) is 27.3 Å². The molecule has 1 aromatic carbocycles. The van der Waals surface area contributed by atoms with Crippen molar-refractivity contribution in [3.63, 3.8) is 0 Å². The van der Waals surface area contributed by atoms with E-state index < -0.39 is 0 Å². The van der Waals surface area contributed by atoms with Gasteiger partial charge in [0.15, 0.2) is 5.82 Å². The smallest absolute Gasteiger partial charge is 0.324 e. The van der Waals surface area contributed by atoms with E-state index in [1.807, 2.05) is 0 Å². The van der Waals surface area contributed by atoms with E-state index in [2.05, 4.69) is 15.0 Å². The van der Waals surface area contributed by atoms with E-state index in [1.54, 1.807) is 24.1 Å². The van der Waals surface area contributed by atoms with E-state index in [4.69, 9.17) is 18.7 Å². The van der Waals surface area contributed by atoms with Crippen molar-refractivity contribution in [2.75, 3.05) is 58.0 Å². The minimum Gasteiger partial charge on any atom is -0.493 e. The summed E-state index contributed by atoms with van der Waals surface area (Å²) in [5.74, 6) is 2.78. The Bertz CT molecular complexity index is 1020. The Morgan fingerprint density at radius 2 is 2.00 bits per heavy atom. The van der Waals surface area contributed by atoms with Gasteiger partial charge >= 0.3 is 6.01 Å². The Kier molecular flexibility index (Phi) is 8.01. The van der Waals surface area contributed by atoms with E-state index in [-0.39, 0.29) is 18.1 Å². The van der Waals surface area contributed by atoms with Crippen LogP contribution in [-0.4, -0.2) is 74.1 Å². The predicted octanol–water partition coefficient (Wildman–Crippen LogP) is 3.08. The Labute approximate surface area is 210 Å². The third kappa shape index (κ3) is 6.15. The number of hydrogen-bond acceptors (Lipinski definition) is 8. The number of anilines is 1. The fraction of sp³-hybridized carbons (Fsp3) is 0.654. The standard InChI is InChI=1S/C26H35FN4O5/c1-33-17-24-28-26(36-29-24)31-7-4-18(5-8-31)22-14-19(22)6-11-35-21-3-2-20(23(27)16-21)15-25(32)30-9-12-34-13-10-30/h2-3,16,18-19,22H,4-15,17H2,1H3/t19-,22-/m1/s1. The summed E-state index contributed by atoms with van der Waals surface area (Å²) in [6, 6.07) is 5.42. The van der Waals surface area contributed by atoms with Crippen molar-refractivity contribution < 1.29 is 27.9 Å². The molecule has 36 heavy (non-hydrogen) atoms. The van der Waals surface area contributed by atoms with E-state index in [0.29, 0.717) is 74.5 Å². The van der Waals surface area contributed by atoms with Gasteiger partial charge < -0.3 is 28.5 Å². The van der Waals surface area contributed by atoms with Crippen molar-refractivity contribution >= 4 is 11.9 Å². The van der Waals surface area contributed by atoms with Crippen LogP contribution in [0.15, 0.2) is 22.7 Å². The first-order chi connectivity index (χ1) is 17.6. The van der Waals surface area contributed by atoms with Crippen molar-refractivity contribution in [2.24, 2.45) is 17.8 Å². The first kappa shape index (κ1) is 25.0. The molecule has 0 radical (unpaired) electrons. The molecule has 10 heteroatoms. The average Bonchev–Trinajstić information content (AvgIpc) is 3.52. The summed E-state index contributed by atoms with van der Waals surface area (Å²) in [6.45, 7) is 5.01. The lowest BCUT2D eigenvalue weighted by Gasteiger charge is -2.30. The van der Waals surface area contributed by atoms with Gasteiger partial charge in [-0.25, -0.2) is 4.39 Å². The molecule has 9 nitrogen and oxygen atoms in total. The van der Waals surface area contributed by atoms with Gasteiger partial charge in [-0.15, -0.1) is 0 Å². The minimum absolute atomic E-state index is 0.0650. The summed E-state index contributed by atoms with van der Waals surface area (Å²) >= 11 is 0. The number of ether oxygens (including phenoxy) is 3. The number of methoxy groups -OCH3 is 1. The first-order valence-corrected chi connectivity index (χ1v) is 12.9. The number of hydrogen-bond donors (Lipinski definition) is 0. The van der Waals surface area contributed by atoms with Gasteiger partial charge in [-0.05, 0) is 55.1 Å². The first-order valence-electron chi connectivity index (χ1n) is 12.9. The number of amides is 1. The monoisotopic (exact) mass is 502 g/mol. The number of rotatable bonds is 10. The molecule has 3 aliphatic rings. The number of aromatic nitrogens is 2. The van der Waals surface area contributed by atoms with Gasteiger partial charge in [-0.3, -0.25) is 4.79 Å². The number of nitrogens with zero attached hydrogens (tertiary/aromatic N) is 4. The molecule has 0 bridgehead atoms. The zero-order valence-corrected chi connectivity index (χ0v) is 20.9. The van der Waals surface area contributed by atoms with Crippen molar-refractivity contribution in [3.8, 4) is 5.75 Å². The lowest BCUT2D eigenvalue weighted by atomic mass is 9.90. The maximum atomic E-state index is 14.6. The summed E-state index contributed by atoms with van der Waals surface area (Å²) in [4.78, 5) is 20.7. The SMILES string of the molecule is COCc1noc(N2CCC([C@H]3C[C@H]3CCOc3ccc(CC(=O)N4CCOCC4)c(F)c3)CC2)n1. The number of benzene rings is 1. The number of carbonyl (C=O) groups excluding carboxylic acids is 1. The molecule has 1 amide bonds. The molecule has 196 valence electrons. The predicted molar refractivity (Wildman–Crippen MR) is 129 cm³/mol. The Hall–Kier alpha value is -2.72. The van der Waals surface area contributed by atoms with Gasteiger partial charge in [0.25, 0.3) is 0 Å². The minimum atomic E-state index is -0.388. The molecule has 1 aliphatic carbocycles. The molecule has 3 heterocycles. The summed E-state index contributed by atoms with van der Waals surface area (Å²) in [5.41, 5.74) is 0.405. The molecule has 0 N–H and O–H groups in total. The lowest BCUT2D eigenvalue weighted by molar-refractivity contribution is -0.134. The van der Waals surface area contributed by atoms with Gasteiger partial charge in [0.2, 0.25) is 5.91 Å². The summed E-state index contributed by atoms with van der Waals surface area (Å²) < 4.78 is 36.1. The number of morpholine rings is 1. The maximum absolute atomic E-state index is 14.6. The molecule has 1 aromatic heterocycles. The van der Waals surface area contributed by atoms with Gasteiger partial charge in [-0.2, -0.15) is 4.98 Å². The molecule has 2 saturated heterocycles. The Morgan fingerprint density at radius 3 is 2.75 bits per heavy atom. The fourth-order valence-electron chi connectivity index (χ4n) is 5.44. The highest BCUT2D eigenvalue weighted by molar-refractivity contribution is 5.79. The fourth-order valence-corrected chi connectivity index (χ4v) is 5.44. The quantitative estimate of drug-likeness (QED) is 0.490. The highest BCUT2D eigenvalue weighted by Gasteiger charge is 2.43. The van der Waals surface area contributed by atoms with Crippen LogP contribution in [0.2, 0.25) is 0 Å². The summed E-state index contributed by atoms with van der Waals surface area (Å²) in [5, 5.41) is 3.95. The van der Waals surface area contributed by atoms with E-state index in [1.165, 1.54) is 12.5 Å². The largest absolute Gasteiger partial charge is 0.493 e. The van der Waals surface area contributed by atoms with Gasteiger partial charge in [0.05, 0.1) is 26.2 Å². The third-order valence-electron chi connectivity index (χ3n) is 7.61. The normalized spacial score (nSPS) is 22.6. The van der Waals surface area contributed by atoms with Crippen LogP contribution in [0.25, 0.3) is 0 Å². The number of piperidine rings is 1. The topological polar surface area (TPSA) is 90.2 Å². The Morgan fingerprint density at radius 1 is 1.19 bits per heavy atom.